The molecule has 0 saturated carbocycles. The average Bonchev–Trinajstić information content (AvgIpc) is 2.40. The molecule has 1 aliphatic heterocycles. The summed E-state index contributed by atoms with van der Waals surface area (Å²) in [5.74, 6) is -0.203. The molecule has 106 valence electrons. The third-order valence-corrected chi connectivity index (χ3v) is 3.61. The number of halogens is 1. The number of β-amino-alcohol motifs (C(OH)–C–C–N with tert-alkyl or cyclic N) is 1. The molecule has 19 heavy (non-hydrogen) atoms. The number of hydrogen-bond donors (Lipinski definition) is 2. The third-order valence-electron chi connectivity index (χ3n) is 3.61. The van der Waals surface area contributed by atoms with Gasteiger partial charge in [0.15, 0.2) is 0 Å². The van der Waals surface area contributed by atoms with Crippen molar-refractivity contribution in [3.05, 3.63) is 29.6 Å². The van der Waals surface area contributed by atoms with Crippen LogP contribution in [-0.4, -0.2) is 49.3 Å². The number of piperazine rings is 1. The van der Waals surface area contributed by atoms with Crippen molar-refractivity contribution in [1.29, 1.82) is 0 Å². The molecule has 1 saturated heterocycles. The van der Waals surface area contributed by atoms with E-state index in [0.717, 1.165) is 31.7 Å². The van der Waals surface area contributed by atoms with Crippen LogP contribution in [0.25, 0.3) is 0 Å². The Labute approximate surface area is 113 Å². The van der Waals surface area contributed by atoms with Gasteiger partial charge in [-0.05, 0) is 18.6 Å². The highest BCUT2D eigenvalue weighted by molar-refractivity contribution is 5.56. The summed E-state index contributed by atoms with van der Waals surface area (Å²) >= 11 is 0. The maximum atomic E-state index is 14.1. The Hall–Kier alpha value is -1.17. The van der Waals surface area contributed by atoms with Gasteiger partial charge < -0.3 is 15.7 Å². The molecule has 0 aromatic heterocycles. The van der Waals surface area contributed by atoms with Crippen molar-refractivity contribution in [2.24, 2.45) is 5.73 Å². The van der Waals surface area contributed by atoms with Crippen LogP contribution < -0.4 is 10.6 Å². The fraction of sp³-hybridized carbons (Fsp3) is 0.571. The first-order valence-electron chi connectivity index (χ1n) is 6.75. The molecule has 1 aromatic carbocycles. The standard InChI is InChI=1S/C14H22FN3O/c1-11(16)12-3-2-4-13(15)14(12)18-7-5-17(6-8-18)9-10-19/h2-4,11,19H,5-10,16H2,1H3. The number of nitrogens with zero attached hydrogens (tertiary/aromatic N) is 2. The van der Waals surface area contributed by atoms with Gasteiger partial charge in [-0.2, -0.15) is 0 Å². The average molecular weight is 267 g/mol. The van der Waals surface area contributed by atoms with E-state index in [-0.39, 0.29) is 18.5 Å². The predicted molar refractivity (Wildman–Crippen MR) is 74.7 cm³/mol. The van der Waals surface area contributed by atoms with Crippen LogP contribution in [0.4, 0.5) is 10.1 Å². The number of hydrogen-bond acceptors (Lipinski definition) is 4. The zero-order chi connectivity index (χ0) is 13.8. The quantitative estimate of drug-likeness (QED) is 0.853. The molecule has 0 spiro atoms. The molecule has 1 unspecified atom stereocenters. The highest BCUT2D eigenvalue weighted by Crippen LogP contribution is 2.29. The smallest absolute Gasteiger partial charge is 0.146 e. The molecule has 0 radical (unpaired) electrons. The van der Waals surface area contributed by atoms with Crippen LogP contribution in [0.1, 0.15) is 18.5 Å². The van der Waals surface area contributed by atoms with E-state index in [4.69, 9.17) is 10.8 Å². The molecular weight excluding hydrogens is 245 g/mol. The van der Waals surface area contributed by atoms with Gasteiger partial charge in [0, 0.05) is 38.8 Å². The van der Waals surface area contributed by atoms with Crippen molar-refractivity contribution in [1.82, 2.24) is 4.90 Å². The summed E-state index contributed by atoms with van der Waals surface area (Å²) < 4.78 is 14.1. The first-order valence-corrected chi connectivity index (χ1v) is 6.75. The van der Waals surface area contributed by atoms with Crippen molar-refractivity contribution in [3.8, 4) is 0 Å². The summed E-state index contributed by atoms with van der Waals surface area (Å²) in [5.41, 5.74) is 7.43. The van der Waals surface area contributed by atoms with Gasteiger partial charge in [-0.25, -0.2) is 4.39 Å². The maximum absolute atomic E-state index is 14.1. The Morgan fingerprint density at radius 2 is 2.00 bits per heavy atom. The number of rotatable bonds is 4. The lowest BCUT2D eigenvalue weighted by Gasteiger charge is -2.37. The lowest BCUT2D eigenvalue weighted by molar-refractivity contribution is 0.188. The van der Waals surface area contributed by atoms with Crippen LogP contribution in [0, 0.1) is 5.82 Å². The molecule has 0 bridgehead atoms. The van der Waals surface area contributed by atoms with Crippen molar-refractivity contribution >= 4 is 5.69 Å². The van der Waals surface area contributed by atoms with Crippen molar-refractivity contribution < 1.29 is 9.50 Å². The lowest BCUT2D eigenvalue weighted by Crippen LogP contribution is -2.47. The van der Waals surface area contributed by atoms with Gasteiger partial charge in [0.05, 0.1) is 12.3 Å². The number of aliphatic hydroxyl groups excluding tert-OH is 1. The maximum Gasteiger partial charge on any atom is 0.146 e. The Bertz CT molecular complexity index is 417. The van der Waals surface area contributed by atoms with Crippen LogP contribution >= 0.6 is 0 Å². The highest BCUT2D eigenvalue weighted by Gasteiger charge is 2.22. The van der Waals surface area contributed by atoms with E-state index >= 15 is 0 Å². The van der Waals surface area contributed by atoms with Gasteiger partial charge in [-0.3, -0.25) is 4.90 Å². The van der Waals surface area contributed by atoms with Crippen molar-refractivity contribution in [3.63, 3.8) is 0 Å². The van der Waals surface area contributed by atoms with E-state index in [9.17, 15) is 4.39 Å². The fourth-order valence-corrected chi connectivity index (χ4v) is 2.57. The summed E-state index contributed by atoms with van der Waals surface area (Å²) in [6, 6.07) is 4.91. The van der Waals surface area contributed by atoms with Crippen molar-refractivity contribution in [2.45, 2.75) is 13.0 Å². The van der Waals surface area contributed by atoms with E-state index in [1.54, 1.807) is 6.07 Å². The van der Waals surface area contributed by atoms with E-state index in [2.05, 4.69) is 9.80 Å². The molecule has 1 heterocycles. The van der Waals surface area contributed by atoms with Crippen LogP contribution in [0.5, 0.6) is 0 Å². The van der Waals surface area contributed by atoms with Gasteiger partial charge in [0.25, 0.3) is 0 Å². The van der Waals surface area contributed by atoms with Gasteiger partial charge >= 0.3 is 0 Å². The predicted octanol–water partition coefficient (Wildman–Crippen LogP) is 0.960. The minimum Gasteiger partial charge on any atom is -0.395 e. The monoisotopic (exact) mass is 267 g/mol. The molecule has 1 aromatic rings. The minimum absolute atomic E-state index is 0.171. The first kappa shape index (κ1) is 14.2. The first-order chi connectivity index (χ1) is 9.13. The molecular formula is C14H22FN3O. The van der Waals surface area contributed by atoms with Crippen molar-refractivity contribution in [2.75, 3.05) is 44.2 Å². The van der Waals surface area contributed by atoms with Gasteiger partial charge in [-0.15, -0.1) is 0 Å². The summed E-state index contributed by atoms with van der Waals surface area (Å²) in [5, 5.41) is 8.93. The fourth-order valence-electron chi connectivity index (χ4n) is 2.57. The van der Waals surface area contributed by atoms with Crippen LogP contribution in [0.2, 0.25) is 0 Å². The lowest BCUT2D eigenvalue weighted by atomic mass is 10.0. The molecule has 4 nitrogen and oxygen atoms in total. The Balaban J connectivity index is 2.15. The third kappa shape index (κ3) is 3.23. The summed E-state index contributed by atoms with van der Waals surface area (Å²) in [4.78, 5) is 4.24. The second-order valence-electron chi connectivity index (χ2n) is 5.02. The zero-order valence-electron chi connectivity index (χ0n) is 11.3. The van der Waals surface area contributed by atoms with E-state index in [0.29, 0.717) is 12.2 Å². The Kier molecular flexibility index (Phi) is 4.74. The van der Waals surface area contributed by atoms with E-state index in [1.165, 1.54) is 6.07 Å². The second kappa shape index (κ2) is 6.32. The van der Waals surface area contributed by atoms with Gasteiger partial charge in [0.2, 0.25) is 0 Å². The molecule has 3 N–H and O–H groups in total. The SMILES string of the molecule is CC(N)c1cccc(F)c1N1CCN(CCO)CC1. The molecule has 0 amide bonds. The Morgan fingerprint density at radius 3 is 2.58 bits per heavy atom. The zero-order valence-corrected chi connectivity index (χ0v) is 11.3. The Morgan fingerprint density at radius 1 is 1.32 bits per heavy atom. The molecule has 0 aliphatic carbocycles. The molecule has 1 aliphatic rings. The summed E-state index contributed by atoms with van der Waals surface area (Å²) in [6.07, 6.45) is 0. The molecule has 5 heteroatoms. The molecule has 1 atom stereocenters. The van der Waals surface area contributed by atoms with Gasteiger partial charge in [-0.1, -0.05) is 12.1 Å². The van der Waals surface area contributed by atoms with E-state index < -0.39 is 0 Å². The molecule has 2 rings (SSSR count). The van der Waals surface area contributed by atoms with Gasteiger partial charge in [0.1, 0.15) is 5.82 Å². The van der Waals surface area contributed by atoms with Crippen LogP contribution in [-0.2, 0) is 0 Å². The van der Waals surface area contributed by atoms with Crippen LogP contribution in [0.3, 0.4) is 0 Å². The number of anilines is 1. The topological polar surface area (TPSA) is 52.7 Å². The largest absolute Gasteiger partial charge is 0.395 e. The number of benzene rings is 1. The molecule has 1 fully saturated rings. The number of para-hydroxylation sites is 1. The number of nitrogens with two attached hydrogens (primary N) is 1. The second-order valence-corrected chi connectivity index (χ2v) is 5.02. The normalized spacial score (nSPS) is 18.6. The number of aliphatic hydroxyl groups is 1. The van der Waals surface area contributed by atoms with E-state index in [1.807, 2.05) is 13.0 Å². The summed E-state index contributed by atoms with van der Waals surface area (Å²) in [6.45, 7) is 5.94. The highest BCUT2D eigenvalue weighted by atomic mass is 19.1. The van der Waals surface area contributed by atoms with Crippen LogP contribution in [0.15, 0.2) is 18.2 Å². The summed E-state index contributed by atoms with van der Waals surface area (Å²) in [7, 11) is 0. The minimum atomic E-state index is -0.203.